The lowest BCUT2D eigenvalue weighted by Crippen LogP contribution is -2.23. The van der Waals surface area contributed by atoms with Gasteiger partial charge in [-0.05, 0) is 71.2 Å². The van der Waals surface area contributed by atoms with Gasteiger partial charge in [0.15, 0.2) is 0 Å². The first-order chi connectivity index (χ1) is 11.5. The molecular weight excluding hydrogens is 411 g/mol. The molecule has 0 unspecified atom stereocenters. The number of sulfonamides is 1. The van der Waals surface area contributed by atoms with E-state index in [1.165, 1.54) is 38.4 Å². The largest absolute Gasteiger partial charge is 0.322 e. The number of amides is 1. The molecule has 0 bridgehead atoms. The Morgan fingerprint density at radius 1 is 1.16 bits per heavy atom. The molecule has 1 N–H and O–H groups in total. The minimum Gasteiger partial charge on any atom is -0.322 e. The van der Waals surface area contributed by atoms with Crippen LogP contribution in [0.3, 0.4) is 0 Å². The lowest BCUT2D eigenvalue weighted by Gasteiger charge is -2.16. The van der Waals surface area contributed by atoms with Gasteiger partial charge in [-0.3, -0.25) is 4.79 Å². The van der Waals surface area contributed by atoms with Gasteiger partial charge in [0.05, 0.1) is 10.5 Å². The summed E-state index contributed by atoms with van der Waals surface area (Å²) in [6, 6.07) is 6.73. The Morgan fingerprint density at radius 2 is 1.80 bits per heavy atom. The Hall–Kier alpha value is -1.77. The van der Waals surface area contributed by atoms with E-state index in [2.05, 4.69) is 21.2 Å². The summed E-state index contributed by atoms with van der Waals surface area (Å²) in [4.78, 5) is 12.6. The van der Waals surface area contributed by atoms with E-state index >= 15 is 0 Å². The van der Waals surface area contributed by atoms with E-state index in [1.807, 2.05) is 0 Å². The van der Waals surface area contributed by atoms with Crippen LogP contribution in [-0.2, 0) is 10.0 Å². The highest BCUT2D eigenvalue weighted by Gasteiger charge is 2.21. The van der Waals surface area contributed by atoms with Crippen molar-refractivity contribution in [2.75, 3.05) is 19.4 Å². The lowest BCUT2D eigenvalue weighted by molar-refractivity contribution is 0.102. The third kappa shape index (κ3) is 4.08. The number of rotatable bonds is 4. The Balaban J connectivity index is 2.46. The summed E-state index contributed by atoms with van der Waals surface area (Å²) in [6.45, 7) is 3.56. The highest BCUT2D eigenvalue weighted by molar-refractivity contribution is 9.10. The zero-order valence-electron chi connectivity index (χ0n) is 14.2. The summed E-state index contributed by atoms with van der Waals surface area (Å²) < 4.78 is 39.3. The standard InChI is InChI=1S/C17H18BrFN2O3S/c1-10-7-13(25(23,24)21(3)4)9-16(11(10)2)20-17(22)14-6-5-12(19)8-15(14)18/h5-9H,1-4H3,(H,20,22). The molecule has 8 heteroatoms. The van der Waals surface area contributed by atoms with E-state index < -0.39 is 21.7 Å². The van der Waals surface area contributed by atoms with Crippen LogP contribution in [0.2, 0.25) is 0 Å². The second-order valence-corrected chi connectivity index (χ2v) is 8.78. The van der Waals surface area contributed by atoms with Gasteiger partial charge in [-0.2, -0.15) is 0 Å². The molecule has 5 nitrogen and oxygen atoms in total. The van der Waals surface area contributed by atoms with Crippen LogP contribution >= 0.6 is 15.9 Å². The molecule has 0 spiro atoms. The van der Waals surface area contributed by atoms with Gasteiger partial charge >= 0.3 is 0 Å². The highest BCUT2D eigenvalue weighted by Crippen LogP contribution is 2.27. The van der Waals surface area contributed by atoms with Crippen molar-refractivity contribution in [2.45, 2.75) is 18.7 Å². The molecule has 0 aliphatic rings. The molecule has 25 heavy (non-hydrogen) atoms. The lowest BCUT2D eigenvalue weighted by atomic mass is 10.1. The van der Waals surface area contributed by atoms with Crippen molar-refractivity contribution in [2.24, 2.45) is 0 Å². The molecular formula is C17H18BrFN2O3S. The van der Waals surface area contributed by atoms with E-state index in [0.29, 0.717) is 10.2 Å². The zero-order chi connectivity index (χ0) is 18.9. The fraction of sp³-hybridized carbons (Fsp3) is 0.235. The number of carbonyl (C=O) groups excluding carboxylic acids is 1. The Labute approximate surface area is 155 Å². The third-order valence-electron chi connectivity index (χ3n) is 3.84. The van der Waals surface area contributed by atoms with Crippen LogP contribution in [0.4, 0.5) is 10.1 Å². The summed E-state index contributed by atoms with van der Waals surface area (Å²) in [5.41, 5.74) is 2.13. The van der Waals surface area contributed by atoms with Crippen molar-refractivity contribution < 1.29 is 17.6 Å². The normalized spacial score (nSPS) is 11.6. The fourth-order valence-electron chi connectivity index (χ4n) is 2.18. The number of nitrogens with one attached hydrogen (secondary N) is 1. The van der Waals surface area contributed by atoms with E-state index in [0.717, 1.165) is 15.4 Å². The monoisotopic (exact) mass is 428 g/mol. The van der Waals surface area contributed by atoms with Crippen LogP contribution in [0.5, 0.6) is 0 Å². The molecule has 2 rings (SSSR count). The molecule has 2 aromatic carbocycles. The van der Waals surface area contributed by atoms with Gasteiger partial charge in [0, 0.05) is 24.3 Å². The Kier molecular flexibility index (Phi) is 5.65. The van der Waals surface area contributed by atoms with Crippen molar-refractivity contribution in [3.63, 3.8) is 0 Å². The predicted octanol–water partition coefficient (Wildman–Crippen LogP) is 3.71. The molecule has 0 radical (unpaired) electrons. The minimum absolute atomic E-state index is 0.0917. The average molecular weight is 429 g/mol. The molecule has 0 aliphatic carbocycles. The summed E-state index contributed by atoms with van der Waals surface area (Å²) in [7, 11) is -0.744. The van der Waals surface area contributed by atoms with Crippen LogP contribution in [0.25, 0.3) is 0 Å². The van der Waals surface area contributed by atoms with Gasteiger partial charge in [-0.25, -0.2) is 17.1 Å². The number of nitrogens with zero attached hydrogens (tertiary/aromatic N) is 1. The van der Waals surface area contributed by atoms with Gasteiger partial charge in [0.2, 0.25) is 10.0 Å². The second-order valence-electron chi connectivity index (χ2n) is 5.78. The quantitative estimate of drug-likeness (QED) is 0.806. The van der Waals surface area contributed by atoms with Crippen molar-refractivity contribution in [1.82, 2.24) is 4.31 Å². The number of aryl methyl sites for hydroxylation is 1. The maximum absolute atomic E-state index is 13.2. The van der Waals surface area contributed by atoms with E-state index in [1.54, 1.807) is 19.9 Å². The molecule has 0 saturated carbocycles. The average Bonchev–Trinajstić information content (AvgIpc) is 2.51. The number of halogens is 2. The van der Waals surface area contributed by atoms with E-state index in [9.17, 15) is 17.6 Å². The summed E-state index contributed by atoms with van der Waals surface area (Å²) in [5.74, 6) is -0.928. The van der Waals surface area contributed by atoms with Crippen molar-refractivity contribution in [1.29, 1.82) is 0 Å². The van der Waals surface area contributed by atoms with Crippen LogP contribution in [0, 0.1) is 19.7 Å². The Morgan fingerprint density at radius 3 is 2.36 bits per heavy atom. The summed E-state index contributed by atoms with van der Waals surface area (Å²) >= 11 is 3.16. The Bertz CT molecular complexity index is 943. The molecule has 1 amide bonds. The van der Waals surface area contributed by atoms with Gasteiger partial charge in [-0.1, -0.05) is 0 Å². The highest BCUT2D eigenvalue weighted by atomic mass is 79.9. The molecule has 0 aromatic heterocycles. The molecule has 0 saturated heterocycles. The van der Waals surface area contributed by atoms with E-state index in [4.69, 9.17) is 0 Å². The number of hydrogen-bond acceptors (Lipinski definition) is 3. The number of anilines is 1. The van der Waals surface area contributed by atoms with Crippen LogP contribution in [-0.4, -0.2) is 32.7 Å². The SMILES string of the molecule is Cc1cc(S(=O)(=O)N(C)C)cc(NC(=O)c2ccc(F)cc2Br)c1C. The van der Waals surface area contributed by atoms with Crippen molar-refractivity contribution in [3.05, 3.63) is 57.3 Å². The van der Waals surface area contributed by atoms with Crippen LogP contribution in [0.15, 0.2) is 39.7 Å². The number of carbonyl (C=O) groups is 1. The fourth-order valence-corrected chi connectivity index (χ4v) is 3.72. The first-order valence-electron chi connectivity index (χ1n) is 7.34. The molecule has 0 heterocycles. The summed E-state index contributed by atoms with van der Waals surface area (Å²) in [5, 5.41) is 2.70. The van der Waals surface area contributed by atoms with Gasteiger partial charge < -0.3 is 5.32 Å². The topological polar surface area (TPSA) is 66.5 Å². The smallest absolute Gasteiger partial charge is 0.256 e. The maximum atomic E-state index is 13.2. The molecule has 134 valence electrons. The van der Waals surface area contributed by atoms with Gasteiger partial charge in [-0.15, -0.1) is 0 Å². The number of hydrogen-bond donors (Lipinski definition) is 1. The van der Waals surface area contributed by atoms with E-state index in [-0.39, 0.29) is 10.5 Å². The molecule has 0 aliphatic heterocycles. The minimum atomic E-state index is -3.63. The van der Waals surface area contributed by atoms with Gasteiger partial charge in [0.1, 0.15) is 5.82 Å². The second kappa shape index (κ2) is 7.23. The van der Waals surface area contributed by atoms with Crippen LogP contribution in [0.1, 0.15) is 21.5 Å². The molecule has 2 aromatic rings. The maximum Gasteiger partial charge on any atom is 0.256 e. The van der Waals surface area contributed by atoms with Crippen LogP contribution < -0.4 is 5.32 Å². The third-order valence-corrected chi connectivity index (χ3v) is 6.29. The van der Waals surface area contributed by atoms with Gasteiger partial charge in [0.25, 0.3) is 5.91 Å². The zero-order valence-corrected chi connectivity index (χ0v) is 16.6. The summed E-state index contributed by atoms with van der Waals surface area (Å²) in [6.07, 6.45) is 0. The molecule has 0 atom stereocenters. The number of benzene rings is 2. The molecule has 0 fully saturated rings. The van der Waals surface area contributed by atoms with Crippen molar-refractivity contribution >= 4 is 37.5 Å². The van der Waals surface area contributed by atoms with Crippen molar-refractivity contribution in [3.8, 4) is 0 Å². The first kappa shape index (κ1) is 19.6. The first-order valence-corrected chi connectivity index (χ1v) is 9.57. The predicted molar refractivity (Wildman–Crippen MR) is 98.8 cm³/mol.